The monoisotopic (exact) mass is 310 g/mol. The summed E-state index contributed by atoms with van der Waals surface area (Å²) in [4.78, 5) is 15.4. The van der Waals surface area contributed by atoms with Gasteiger partial charge >= 0.3 is 5.97 Å². The summed E-state index contributed by atoms with van der Waals surface area (Å²) in [6.45, 7) is 1.93. The number of nitrogens with zero attached hydrogens (tertiary/aromatic N) is 2. The lowest BCUT2D eigenvalue weighted by atomic mass is 10.2. The number of rotatable bonds is 6. The second kappa shape index (κ2) is 7.21. The molecule has 0 saturated carbocycles. The zero-order valence-corrected chi connectivity index (χ0v) is 12.5. The minimum absolute atomic E-state index is 0.0959. The van der Waals surface area contributed by atoms with Crippen molar-refractivity contribution in [1.29, 1.82) is 0 Å². The van der Waals surface area contributed by atoms with E-state index in [1.54, 1.807) is 12.1 Å². The molecule has 2 aromatic rings. The SMILES string of the molecule is COC(=O)CC(C)SCc1nc(-c2ccc(F)cc2)no1. The normalized spacial score (nSPS) is 12.1. The van der Waals surface area contributed by atoms with E-state index in [4.69, 9.17) is 4.52 Å². The van der Waals surface area contributed by atoms with Crippen LogP contribution in [0.25, 0.3) is 11.4 Å². The Bertz CT molecular complexity index is 601. The molecule has 1 unspecified atom stereocenters. The van der Waals surface area contributed by atoms with Crippen LogP contribution in [0.1, 0.15) is 19.2 Å². The molecule has 0 bridgehead atoms. The number of esters is 1. The Balaban J connectivity index is 1.91. The Kier molecular flexibility index (Phi) is 5.32. The van der Waals surface area contributed by atoms with Crippen molar-refractivity contribution in [2.24, 2.45) is 0 Å². The van der Waals surface area contributed by atoms with Crippen LogP contribution in [0.3, 0.4) is 0 Å². The average molecular weight is 310 g/mol. The van der Waals surface area contributed by atoms with E-state index < -0.39 is 0 Å². The van der Waals surface area contributed by atoms with Crippen LogP contribution in [0.4, 0.5) is 4.39 Å². The molecule has 112 valence electrons. The molecule has 0 aliphatic rings. The molecule has 0 aliphatic heterocycles. The lowest BCUT2D eigenvalue weighted by Crippen LogP contribution is -2.08. The van der Waals surface area contributed by atoms with Gasteiger partial charge in [-0.2, -0.15) is 4.98 Å². The molecule has 5 nitrogen and oxygen atoms in total. The van der Waals surface area contributed by atoms with Crippen LogP contribution >= 0.6 is 11.8 Å². The van der Waals surface area contributed by atoms with Gasteiger partial charge in [0.15, 0.2) is 0 Å². The predicted octanol–water partition coefficient (Wildman–Crippen LogP) is 3.06. The molecule has 0 fully saturated rings. The van der Waals surface area contributed by atoms with E-state index in [9.17, 15) is 9.18 Å². The van der Waals surface area contributed by atoms with Crippen molar-refractivity contribution in [3.05, 3.63) is 36.0 Å². The van der Waals surface area contributed by atoms with Gasteiger partial charge in [0.25, 0.3) is 0 Å². The van der Waals surface area contributed by atoms with Crippen LogP contribution in [0.5, 0.6) is 0 Å². The van der Waals surface area contributed by atoms with Gasteiger partial charge in [0.05, 0.1) is 19.3 Å². The van der Waals surface area contributed by atoms with E-state index in [2.05, 4.69) is 14.9 Å². The molecule has 1 aromatic heterocycles. The van der Waals surface area contributed by atoms with Gasteiger partial charge in [-0.05, 0) is 24.3 Å². The number of ether oxygens (including phenoxy) is 1. The zero-order valence-electron chi connectivity index (χ0n) is 11.7. The highest BCUT2D eigenvalue weighted by Crippen LogP contribution is 2.22. The first-order chi connectivity index (χ1) is 10.1. The molecular formula is C14H15FN2O3S. The molecule has 0 saturated heterocycles. The lowest BCUT2D eigenvalue weighted by molar-refractivity contribution is -0.140. The number of aromatic nitrogens is 2. The molecule has 2 rings (SSSR count). The minimum Gasteiger partial charge on any atom is -0.469 e. The van der Waals surface area contributed by atoms with Crippen molar-refractivity contribution in [2.45, 2.75) is 24.3 Å². The molecule has 0 amide bonds. The number of benzene rings is 1. The zero-order chi connectivity index (χ0) is 15.2. The van der Waals surface area contributed by atoms with E-state index >= 15 is 0 Å². The number of carbonyl (C=O) groups excluding carboxylic acids is 1. The molecule has 0 radical (unpaired) electrons. The molecule has 0 spiro atoms. The van der Waals surface area contributed by atoms with Crippen LogP contribution in [0.15, 0.2) is 28.8 Å². The van der Waals surface area contributed by atoms with E-state index in [0.717, 1.165) is 0 Å². The second-order valence-electron chi connectivity index (χ2n) is 4.42. The quantitative estimate of drug-likeness (QED) is 0.764. The summed E-state index contributed by atoms with van der Waals surface area (Å²) in [5.74, 6) is 0.844. The summed E-state index contributed by atoms with van der Waals surface area (Å²) in [5, 5.41) is 3.95. The summed E-state index contributed by atoms with van der Waals surface area (Å²) >= 11 is 1.53. The number of methoxy groups -OCH3 is 1. The van der Waals surface area contributed by atoms with Gasteiger partial charge in [0.2, 0.25) is 11.7 Å². The highest BCUT2D eigenvalue weighted by molar-refractivity contribution is 7.99. The standard InChI is InChI=1S/C14H15FN2O3S/c1-9(7-13(18)19-2)21-8-12-16-14(17-20-12)10-3-5-11(15)6-4-10/h3-6,9H,7-8H2,1-2H3. The van der Waals surface area contributed by atoms with Crippen molar-refractivity contribution in [2.75, 3.05) is 7.11 Å². The van der Waals surface area contributed by atoms with Crippen LogP contribution < -0.4 is 0 Å². The fraction of sp³-hybridized carbons (Fsp3) is 0.357. The number of hydrogen-bond acceptors (Lipinski definition) is 6. The minimum atomic E-state index is -0.311. The largest absolute Gasteiger partial charge is 0.469 e. The van der Waals surface area contributed by atoms with Crippen LogP contribution in [0.2, 0.25) is 0 Å². The Morgan fingerprint density at radius 2 is 2.14 bits per heavy atom. The first-order valence-electron chi connectivity index (χ1n) is 6.35. The maximum atomic E-state index is 12.8. The van der Waals surface area contributed by atoms with Gasteiger partial charge in [-0.25, -0.2) is 4.39 Å². The molecule has 1 aromatic carbocycles. The Hall–Kier alpha value is -1.89. The van der Waals surface area contributed by atoms with Crippen molar-refractivity contribution in [3.8, 4) is 11.4 Å². The smallest absolute Gasteiger partial charge is 0.306 e. The first kappa shape index (κ1) is 15.5. The van der Waals surface area contributed by atoms with Gasteiger partial charge in [-0.1, -0.05) is 12.1 Å². The third-order valence-corrected chi connectivity index (χ3v) is 3.89. The van der Waals surface area contributed by atoms with Gasteiger partial charge in [-0.15, -0.1) is 11.8 Å². The molecule has 0 aliphatic carbocycles. The second-order valence-corrected chi connectivity index (χ2v) is 5.85. The van der Waals surface area contributed by atoms with Gasteiger partial charge in [-0.3, -0.25) is 4.79 Å². The summed E-state index contributed by atoms with van der Waals surface area (Å²) in [7, 11) is 1.37. The Morgan fingerprint density at radius 3 is 2.81 bits per heavy atom. The number of thioether (sulfide) groups is 1. The third-order valence-electron chi connectivity index (χ3n) is 2.74. The molecule has 7 heteroatoms. The molecule has 21 heavy (non-hydrogen) atoms. The summed E-state index contributed by atoms with van der Waals surface area (Å²) in [6.07, 6.45) is 0.333. The van der Waals surface area contributed by atoms with Crippen LogP contribution in [0, 0.1) is 5.82 Å². The van der Waals surface area contributed by atoms with E-state index in [1.165, 1.54) is 31.0 Å². The fourth-order valence-electron chi connectivity index (χ4n) is 1.62. The fourth-order valence-corrected chi connectivity index (χ4v) is 2.42. The van der Waals surface area contributed by atoms with Gasteiger partial charge < -0.3 is 9.26 Å². The summed E-state index contributed by atoms with van der Waals surface area (Å²) in [6, 6.07) is 5.88. The predicted molar refractivity (Wildman–Crippen MR) is 77.1 cm³/mol. The summed E-state index contributed by atoms with van der Waals surface area (Å²) in [5.41, 5.74) is 0.694. The van der Waals surface area contributed by atoms with E-state index in [1.807, 2.05) is 6.92 Å². The third kappa shape index (κ3) is 4.56. The first-order valence-corrected chi connectivity index (χ1v) is 7.40. The Labute approximate surface area is 125 Å². The molecule has 1 atom stereocenters. The number of carbonyl (C=O) groups is 1. The highest BCUT2D eigenvalue weighted by atomic mass is 32.2. The maximum Gasteiger partial charge on any atom is 0.306 e. The Morgan fingerprint density at radius 1 is 1.43 bits per heavy atom. The van der Waals surface area contributed by atoms with E-state index in [-0.39, 0.29) is 17.0 Å². The number of hydrogen-bond donors (Lipinski definition) is 0. The maximum absolute atomic E-state index is 12.8. The van der Waals surface area contributed by atoms with Gasteiger partial charge in [0, 0.05) is 10.8 Å². The highest BCUT2D eigenvalue weighted by Gasteiger charge is 2.13. The van der Waals surface area contributed by atoms with Crippen molar-refractivity contribution in [3.63, 3.8) is 0 Å². The van der Waals surface area contributed by atoms with E-state index in [0.29, 0.717) is 29.5 Å². The van der Waals surface area contributed by atoms with Crippen molar-refractivity contribution in [1.82, 2.24) is 10.1 Å². The van der Waals surface area contributed by atoms with Crippen LogP contribution in [-0.2, 0) is 15.3 Å². The van der Waals surface area contributed by atoms with Crippen molar-refractivity contribution >= 4 is 17.7 Å². The van der Waals surface area contributed by atoms with Gasteiger partial charge in [0.1, 0.15) is 5.82 Å². The van der Waals surface area contributed by atoms with Crippen molar-refractivity contribution < 1.29 is 18.4 Å². The molecule has 1 heterocycles. The average Bonchev–Trinajstić information content (AvgIpc) is 2.94. The topological polar surface area (TPSA) is 65.2 Å². The van der Waals surface area contributed by atoms with Crippen LogP contribution in [-0.4, -0.2) is 28.5 Å². The molecular weight excluding hydrogens is 295 g/mol. The number of halogens is 1. The lowest BCUT2D eigenvalue weighted by Gasteiger charge is -2.07. The summed E-state index contributed by atoms with van der Waals surface area (Å²) < 4.78 is 22.6. The molecule has 0 N–H and O–H groups in total.